The molecule has 0 aromatic heterocycles. The lowest BCUT2D eigenvalue weighted by molar-refractivity contribution is 0.663. The average Bonchev–Trinajstić information content (AvgIpc) is 2.49. The van der Waals surface area contributed by atoms with Gasteiger partial charge in [0.05, 0.1) is 0 Å². The highest BCUT2D eigenvalue weighted by atomic mass is 33.1. The minimum atomic E-state index is 0.748. The van der Waals surface area contributed by atoms with E-state index < -0.39 is 0 Å². The second-order valence-corrected chi connectivity index (χ2v) is 6.16. The monoisotopic (exact) mass is 198 g/mol. The molecule has 2 aliphatic rings. The lowest BCUT2D eigenvalue weighted by Crippen LogP contribution is -2.17. The molecule has 0 spiro atoms. The first-order valence-electron chi connectivity index (χ1n) is 4.47. The van der Waals surface area contributed by atoms with Crippen LogP contribution in [0.25, 0.3) is 0 Å². The highest BCUT2D eigenvalue weighted by Crippen LogP contribution is 2.46. The van der Waals surface area contributed by atoms with Crippen LogP contribution >= 0.6 is 21.6 Å². The van der Waals surface area contributed by atoms with Gasteiger partial charge in [0.25, 0.3) is 0 Å². The molecule has 0 bridgehead atoms. The van der Waals surface area contributed by atoms with Crippen LogP contribution in [-0.2, 0) is 0 Å². The van der Waals surface area contributed by atoms with E-state index in [1.54, 1.807) is 11.1 Å². The van der Waals surface area contributed by atoms with Crippen molar-refractivity contribution in [3.63, 3.8) is 0 Å². The van der Waals surface area contributed by atoms with Gasteiger partial charge in [0.1, 0.15) is 0 Å². The molecule has 1 aliphatic heterocycles. The Balaban J connectivity index is 2.20. The summed E-state index contributed by atoms with van der Waals surface area (Å²) < 4.78 is 0. The van der Waals surface area contributed by atoms with Crippen molar-refractivity contribution in [2.45, 2.75) is 25.5 Å². The van der Waals surface area contributed by atoms with E-state index in [0.29, 0.717) is 0 Å². The van der Waals surface area contributed by atoms with Crippen molar-refractivity contribution >= 4 is 21.6 Å². The van der Waals surface area contributed by atoms with E-state index in [1.165, 1.54) is 12.2 Å². The van der Waals surface area contributed by atoms with E-state index in [-0.39, 0.29) is 0 Å². The maximum atomic E-state index is 2.41. The van der Waals surface area contributed by atoms with Gasteiger partial charge in [-0.15, -0.1) is 0 Å². The van der Waals surface area contributed by atoms with Gasteiger partial charge in [0.2, 0.25) is 0 Å². The molecule has 0 nitrogen and oxygen atoms in total. The summed E-state index contributed by atoms with van der Waals surface area (Å²) >= 11 is 0. The maximum Gasteiger partial charge on any atom is 0.0423 e. The molecule has 1 unspecified atom stereocenters. The molecule has 0 aromatic rings. The summed E-state index contributed by atoms with van der Waals surface area (Å²) in [6.07, 6.45) is 5.97. The van der Waals surface area contributed by atoms with Crippen molar-refractivity contribution in [3.05, 3.63) is 23.3 Å². The number of hydrogen-bond donors (Lipinski definition) is 0. The lowest BCUT2D eigenvalue weighted by atomic mass is 9.99. The third kappa shape index (κ3) is 1.47. The quantitative estimate of drug-likeness (QED) is 0.590. The van der Waals surface area contributed by atoms with E-state index in [2.05, 4.69) is 36.8 Å². The summed E-state index contributed by atoms with van der Waals surface area (Å²) in [6.45, 7) is 4.64. The Bertz CT molecular complexity index is 238. The Morgan fingerprint density at radius 1 is 1.42 bits per heavy atom. The lowest BCUT2D eigenvalue weighted by Gasteiger charge is -2.27. The predicted octanol–water partition coefficient (Wildman–Crippen LogP) is 3.66. The van der Waals surface area contributed by atoms with Gasteiger partial charge < -0.3 is 0 Å². The molecule has 0 amide bonds. The number of rotatable bonds is 1. The van der Waals surface area contributed by atoms with E-state index in [0.717, 1.165) is 11.2 Å². The summed E-state index contributed by atoms with van der Waals surface area (Å²) in [4.78, 5) is 0. The third-order valence-corrected chi connectivity index (χ3v) is 5.33. The molecule has 1 heterocycles. The molecular weight excluding hydrogens is 184 g/mol. The molecule has 1 fully saturated rings. The van der Waals surface area contributed by atoms with Gasteiger partial charge in [-0.1, -0.05) is 47.6 Å². The molecule has 1 atom stereocenters. The Hall–Kier alpha value is 0.180. The van der Waals surface area contributed by atoms with Crippen LogP contribution in [-0.4, -0.2) is 11.0 Å². The van der Waals surface area contributed by atoms with Gasteiger partial charge in [-0.3, -0.25) is 0 Å². The first kappa shape index (κ1) is 8.76. The zero-order chi connectivity index (χ0) is 8.55. The van der Waals surface area contributed by atoms with Crippen LogP contribution in [0.1, 0.15) is 20.3 Å². The Morgan fingerprint density at radius 3 is 3.00 bits per heavy atom. The summed E-state index contributed by atoms with van der Waals surface area (Å²) in [6, 6.07) is 0. The summed E-state index contributed by atoms with van der Waals surface area (Å²) in [5.41, 5.74) is 3.24. The van der Waals surface area contributed by atoms with Gasteiger partial charge in [-0.2, -0.15) is 0 Å². The second-order valence-electron chi connectivity index (χ2n) is 3.65. The van der Waals surface area contributed by atoms with Crippen LogP contribution in [0.2, 0.25) is 0 Å². The van der Waals surface area contributed by atoms with Gasteiger partial charge in [-0.25, -0.2) is 0 Å². The van der Waals surface area contributed by atoms with Crippen LogP contribution < -0.4 is 0 Å². The van der Waals surface area contributed by atoms with Crippen LogP contribution in [0, 0.1) is 5.92 Å². The molecule has 0 radical (unpaired) electrons. The van der Waals surface area contributed by atoms with Gasteiger partial charge in [-0.05, 0) is 23.5 Å². The number of allylic oxidation sites excluding steroid dienone is 2. The molecule has 0 aromatic carbocycles. The molecule has 66 valence electrons. The maximum absolute atomic E-state index is 2.41. The van der Waals surface area contributed by atoms with E-state index in [9.17, 15) is 0 Å². The average molecular weight is 198 g/mol. The van der Waals surface area contributed by atoms with Crippen molar-refractivity contribution in [2.24, 2.45) is 5.92 Å². The van der Waals surface area contributed by atoms with Crippen molar-refractivity contribution in [1.82, 2.24) is 0 Å². The fourth-order valence-corrected chi connectivity index (χ4v) is 4.91. The molecule has 0 saturated carbocycles. The van der Waals surface area contributed by atoms with E-state index >= 15 is 0 Å². The topological polar surface area (TPSA) is 0 Å². The molecular formula is C10H14S2. The number of fused-ring (bicyclic) bond motifs is 1. The fourth-order valence-electron chi connectivity index (χ4n) is 1.71. The van der Waals surface area contributed by atoms with Gasteiger partial charge >= 0.3 is 0 Å². The SMILES string of the molecule is CC(C)C1SSCC2=CCC=C21. The predicted molar refractivity (Wildman–Crippen MR) is 59.5 cm³/mol. The third-order valence-electron chi connectivity index (χ3n) is 2.37. The first-order chi connectivity index (χ1) is 5.79. The van der Waals surface area contributed by atoms with E-state index in [1.807, 2.05) is 10.8 Å². The van der Waals surface area contributed by atoms with Gasteiger partial charge in [0, 0.05) is 11.0 Å². The van der Waals surface area contributed by atoms with Crippen LogP contribution in [0.4, 0.5) is 0 Å². The van der Waals surface area contributed by atoms with Crippen LogP contribution in [0.5, 0.6) is 0 Å². The summed E-state index contributed by atoms with van der Waals surface area (Å²) in [5.74, 6) is 2.00. The minimum absolute atomic E-state index is 0.748. The molecule has 1 saturated heterocycles. The Kier molecular flexibility index (Phi) is 2.56. The van der Waals surface area contributed by atoms with Crippen molar-refractivity contribution < 1.29 is 0 Å². The van der Waals surface area contributed by atoms with E-state index in [4.69, 9.17) is 0 Å². The standard InChI is InChI=1S/C10H14S2/c1-7(2)10-9-5-3-4-8(9)6-11-12-10/h4-5,7,10H,3,6H2,1-2H3. The van der Waals surface area contributed by atoms with Crippen molar-refractivity contribution in [2.75, 3.05) is 5.75 Å². The molecule has 12 heavy (non-hydrogen) atoms. The molecule has 0 N–H and O–H groups in total. The smallest absolute Gasteiger partial charge is 0.0423 e. The summed E-state index contributed by atoms with van der Waals surface area (Å²) in [7, 11) is 4.07. The van der Waals surface area contributed by atoms with Crippen molar-refractivity contribution in [3.8, 4) is 0 Å². The van der Waals surface area contributed by atoms with Gasteiger partial charge in [0.15, 0.2) is 0 Å². The van der Waals surface area contributed by atoms with Crippen LogP contribution in [0.15, 0.2) is 23.3 Å². The largest absolute Gasteiger partial charge is 0.0887 e. The number of hydrogen-bond acceptors (Lipinski definition) is 2. The Labute approximate surface area is 82.3 Å². The molecule has 1 aliphatic carbocycles. The first-order valence-corrected chi connectivity index (χ1v) is 6.85. The fraction of sp³-hybridized carbons (Fsp3) is 0.600. The molecule has 2 heteroatoms. The second kappa shape index (κ2) is 3.51. The minimum Gasteiger partial charge on any atom is -0.0887 e. The normalized spacial score (nSPS) is 28.4. The van der Waals surface area contributed by atoms with Crippen molar-refractivity contribution in [1.29, 1.82) is 0 Å². The van der Waals surface area contributed by atoms with Crippen LogP contribution in [0.3, 0.4) is 0 Å². The molecule has 2 rings (SSSR count). The summed E-state index contributed by atoms with van der Waals surface area (Å²) in [5, 5.41) is 0.748. The Morgan fingerprint density at radius 2 is 2.25 bits per heavy atom. The zero-order valence-corrected chi connectivity index (χ0v) is 9.17. The highest BCUT2D eigenvalue weighted by Gasteiger charge is 2.27. The highest BCUT2D eigenvalue weighted by molar-refractivity contribution is 8.77. The zero-order valence-electron chi connectivity index (χ0n) is 7.54.